The summed E-state index contributed by atoms with van der Waals surface area (Å²) in [6, 6.07) is 8.29. The molecule has 0 heterocycles. The molecule has 1 nitrogen and oxygen atoms in total. The van der Waals surface area contributed by atoms with Crippen LogP contribution in [0.4, 0.5) is 0 Å². The van der Waals surface area contributed by atoms with Crippen molar-refractivity contribution in [1.82, 2.24) is 0 Å². The maximum atomic E-state index is 5.71. The highest BCUT2D eigenvalue weighted by molar-refractivity contribution is 5.26. The molecule has 0 aromatic heterocycles. The average molecular weight is 260 g/mol. The third-order valence-corrected chi connectivity index (χ3v) is 3.34. The van der Waals surface area contributed by atoms with Crippen LogP contribution in [0.15, 0.2) is 36.9 Å². The summed E-state index contributed by atoms with van der Waals surface area (Å²) in [6.07, 6.45) is 12.4. The van der Waals surface area contributed by atoms with Crippen LogP contribution in [0, 0.1) is 6.92 Å². The molecule has 0 saturated carbocycles. The normalized spacial score (nSPS) is 10.4. The van der Waals surface area contributed by atoms with Gasteiger partial charge in [-0.05, 0) is 38.3 Å². The van der Waals surface area contributed by atoms with Gasteiger partial charge in [0.1, 0.15) is 5.75 Å². The number of hydrogen-bond acceptors (Lipinski definition) is 1. The molecule has 0 aliphatic carbocycles. The van der Waals surface area contributed by atoms with Crippen LogP contribution < -0.4 is 4.74 Å². The zero-order chi connectivity index (χ0) is 13.8. The Morgan fingerprint density at radius 3 is 2.11 bits per heavy atom. The van der Waals surface area contributed by atoms with E-state index in [1.165, 1.54) is 56.9 Å². The molecule has 0 unspecified atom stereocenters. The van der Waals surface area contributed by atoms with Crippen LogP contribution in [0.3, 0.4) is 0 Å². The van der Waals surface area contributed by atoms with Gasteiger partial charge in [0.25, 0.3) is 0 Å². The first-order valence-electron chi connectivity index (χ1n) is 7.63. The van der Waals surface area contributed by atoms with Crippen molar-refractivity contribution in [2.45, 2.75) is 58.3 Å². The molecule has 1 heteroatoms. The van der Waals surface area contributed by atoms with Gasteiger partial charge in [-0.25, -0.2) is 0 Å². The summed E-state index contributed by atoms with van der Waals surface area (Å²) in [4.78, 5) is 0. The Kier molecular flexibility index (Phi) is 8.87. The van der Waals surface area contributed by atoms with Crippen molar-refractivity contribution >= 4 is 0 Å². The van der Waals surface area contributed by atoms with E-state index in [2.05, 4.69) is 37.8 Å². The van der Waals surface area contributed by atoms with Gasteiger partial charge in [-0.2, -0.15) is 0 Å². The first-order valence-corrected chi connectivity index (χ1v) is 7.63. The number of aryl methyl sites for hydroxylation is 1. The van der Waals surface area contributed by atoms with Gasteiger partial charge in [-0.3, -0.25) is 0 Å². The van der Waals surface area contributed by atoms with Crippen LogP contribution in [0.25, 0.3) is 0 Å². The molecule has 1 rings (SSSR count). The summed E-state index contributed by atoms with van der Waals surface area (Å²) in [5, 5.41) is 0. The van der Waals surface area contributed by atoms with Crippen molar-refractivity contribution in [3.8, 4) is 5.75 Å². The Labute approximate surface area is 118 Å². The van der Waals surface area contributed by atoms with Gasteiger partial charge in [0.2, 0.25) is 0 Å². The van der Waals surface area contributed by atoms with Crippen molar-refractivity contribution < 1.29 is 4.74 Å². The second-order valence-electron chi connectivity index (χ2n) is 5.21. The van der Waals surface area contributed by atoms with E-state index in [1.807, 2.05) is 6.08 Å². The van der Waals surface area contributed by atoms with Gasteiger partial charge < -0.3 is 4.74 Å². The van der Waals surface area contributed by atoms with Gasteiger partial charge in [0.05, 0.1) is 6.61 Å². The third-order valence-electron chi connectivity index (χ3n) is 3.34. The van der Waals surface area contributed by atoms with E-state index in [0.29, 0.717) is 0 Å². The second-order valence-corrected chi connectivity index (χ2v) is 5.21. The van der Waals surface area contributed by atoms with Crippen molar-refractivity contribution in [2.24, 2.45) is 0 Å². The molecule has 19 heavy (non-hydrogen) atoms. The van der Waals surface area contributed by atoms with Crippen LogP contribution >= 0.6 is 0 Å². The average Bonchev–Trinajstić information content (AvgIpc) is 2.43. The number of benzene rings is 1. The van der Waals surface area contributed by atoms with Crippen LogP contribution in [0.2, 0.25) is 0 Å². The monoisotopic (exact) mass is 260 g/mol. The lowest BCUT2D eigenvalue weighted by Gasteiger charge is -2.06. The lowest BCUT2D eigenvalue weighted by molar-refractivity contribution is 0.304. The lowest BCUT2D eigenvalue weighted by Crippen LogP contribution is -1.97. The number of ether oxygens (including phenoxy) is 1. The highest BCUT2D eigenvalue weighted by Gasteiger charge is 1.94. The van der Waals surface area contributed by atoms with Gasteiger partial charge in [-0.15, -0.1) is 6.58 Å². The summed E-state index contributed by atoms with van der Waals surface area (Å²) < 4.78 is 5.71. The predicted molar refractivity (Wildman–Crippen MR) is 83.8 cm³/mol. The predicted octanol–water partition coefficient (Wildman–Crippen LogP) is 5.68. The lowest BCUT2D eigenvalue weighted by atomic mass is 10.1. The molecule has 0 spiro atoms. The maximum Gasteiger partial charge on any atom is 0.119 e. The van der Waals surface area contributed by atoms with Gasteiger partial charge in [0.15, 0.2) is 0 Å². The molecule has 0 amide bonds. The van der Waals surface area contributed by atoms with Crippen molar-refractivity contribution in [3.05, 3.63) is 42.5 Å². The minimum Gasteiger partial charge on any atom is -0.494 e. The molecule has 0 N–H and O–H groups in total. The molecule has 0 saturated heterocycles. The van der Waals surface area contributed by atoms with Crippen LogP contribution in [0.5, 0.6) is 5.75 Å². The van der Waals surface area contributed by atoms with Gasteiger partial charge in [-0.1, -0.05) is 55.9 Å². The van der Waals surface area contributed by atoms with E-state index in [9.17, 15) is 0 Å². The minimum absolute atomic E-state index is 0.847. The molecular formula is C18H28O. The number of unbranched alkanes of at least 4 members (excludes halogenated alkanes) is 7. The quantitative estimate of drug-likeness (QED) is 0.367. The van der Waals surface area contributed by atoms with Gasteiger partial charge >= 0.3 is 0 Å². The number of hydrogen-bond donors (Lipinski definition) is 0. The Morgan fingerprint density at radius 2 is 1.47 bits per heavy atom. The van der Waals surface area contributed by atoms with E-state index in [4.69, 9.17) is 4.74 Å². The van der Waals surface area contributed by atoms with E-state index in [-0.39, 0.29) is 0 Å². The summed E-state index contributed by atoms with van der Waals surface area (Å²) in [5.74, 6) is 0.995. The molecule has 106 valence electrons. The third kappa shape index (κ3) is 8.47. The fourth-order valence-electron chi connectivity index (χ4n) is 2.10. The minimum atomic E-state index is 0.847. The van der Waals surface area contributed by atoms with E-state index in [1.54, 1.807) is 0 Å². The second kappa shape index (κ2) is 10.7. The summed E-state index contributed by atoms with van der Waals surface area (Å²) >= 11 is 0. The molecule has 0 aliphatic rings. The van der Waals surface area contributed by atoms with Gasteiger partial charge in [0, 0.05) is 0 Å². The van der Waals surface area contributed by atoms with Crippen LogP contribution in [-0.2, 0) is 0 Å². The molecule has 1 aromatic rings. The standard InChI is InChI=1S/C18H28O/c1-3-4-5-6-7-8-9-10-11-16-19-18-14-12-17(2)13-15-18/h3,12-15H,1,4-11,16H2,2H3. The highest BCUT2D eigenvalue weighted by Crippen LogP contribution is 2.13. The van der Waals surface area contributed by atoms with E-state index in [0.717, 1.165) is 12.4 Å². The largest absolute Gasteiger partial charge is 0.494 e. The molecule has 0 fully saturated rings. The molecular weight excluding hydrogens is 232 g/mol. The van der Waals surface area contributed by atoms with Crippen LogP contribution in [0.1, 0.15) is 56.9 Å². The van der Waals surface area contributed by atoms with Crippen molar-refractivity contribution in [2.75, 3.05) is 6.61 Å². The highest BCUT2D eigenvalue weighted by atomic mass is 16.5. The molecule has 0 bridgehead atoms. The Balaban J connectivity index is 1.88. The van der Waals surface area contributed by atoms with Crippen molar-refractivity contribution in [1.29, 1.82) is 0 Å². The SMILES string of the molecule is C=CCCCCCCCCCOc1ccc(C)cc1. The van der Waals surface area contributed by atoms with E-state index < -0.39 is 0 Å². The Bertz CT molecular complexity index is 326. The summed E-state index contributed by atoms with van der Waals surface area (Å²) in [6.45, 7) is 6.69. The number of rotatable bonds is 11. The van der Waals surface area contributed by atoms with Crippen LogP contribution in [-0.4, -0.2) is 6.61 Å². The number of allylic oxidation sites excluding steroid dienone is 1. The molecule has 0 aliphatic heterocycles. The molecule has 0 atom stereocenters. The topological polar surface area (TPSA) is 9.23 Å². The first-order chi connectivity index (χ1) is 9.33. The smallest absolute Gasteiger partial charge is 0.119 e. The Morgan fingerprint density at radius 1 is 0.895 bits per heavy atom. The summed E-state index contributed by atoms with van der Waals surface area (Å²) in [7, 11) is 0. The fraction of sp³-hybridized carbons (Fsp3) is 0.556. The maximum absolute atomic E-state index is 5.71. The zero-order valence-corrected chi connectivity index (χ0v) is 12.4. The van der Waals surface area contributed by atoms with E-state index >= 15 is 0 Å². The molecule has 1 aromatic carbocycles. The summed E-state index contributed by atoms with van der Waals surface area (Å²) in [5.41, 5.74) is 1.28. The fourth-order valence-corrected chi connectivity index (χ4v) is 2.10. The Hall–Kier alpha value is -1.24. The zero-order valence-electron chi connectivity index (χ0n) is 12.4. The first kappa shape index (κ1) is 15.8. The van der Waals surface area contributed by atoms with Crippen molar-refractivity contribution in [3.63, 3.8) is 0 Å². The molecule has 0 radical (unpaired) electrons.